The molecule has 0 aliphatic carbocycles. The fraction of sp³-hybridized carbons (Fsp3) is 0.316. The molecule has 0 atom stereocenters. The van der Waals surface area contributed by atoms with Crippen LogP contribution >= 0.6 is 11.8 Å². The number of carbonyl (C=O) groups is 3. The lowest BCUT2D eigenvalue weighted by Gasteiger charge is -2.09. The van der Waals surface area contributed by atoms with E-state index in [0.717, 1.165) is 34.6 Å². The summed E-state index contributed by atoms with van der Waals surface area (Å²) in [6.07, 6.45) is 4.27. The molecule has 7 heteroatoms. The third kappa shape index (κ3) is 3.53. The molecule has 0 spiro atoms. The van der Waals surface area contributed by atoms with Crippen molar-refractivity contribution in [1.82, 2.24) is 9.47 Å². The molecule has 2 amide bonds. The monoisotopic (exact) mass is 372 g/mol. The van der Waals surface area contributed by atoms with Gasteiger partial charge in [-0.15, -0.1) is 0 Å². The lowest BCUT2D eigenvalue weighted by atomic mass is 10.1. The highest BCUT2D eigenvalue weighted by Crippen LogP contribution is 2.34. The van der Waals surface area contributed by atoms with Crippen molar-refractivity contribution in [3.8, 4) is 0 Å². The van der Waals surface area contributed by atoms with E-state index in [1.165, 1.54) is 4.90 Å². The molecular weight excluding hydrogens is 352 g/mol. The predicted molar refractivity (Wildman–Crippen MR) is 102 cm³/mol. The predicted octanol–water partition coefficient (Wildman–Crippen LogP) is 3.65. The summed E-state index contributed by atoms with van der Waals surface area (Å²) in [6, 6.07) is 7.63. The van der Waals surface area contributed by atoms with Gasteiger partial charge in [0.1, 0.15) is 6.54 Å². The summed E-state index contributed by atoms with van der Waals surface area (Å²) in [5, 5.41) is 0.678. The van der Waals surface area contributed by atoms with E-state index in [4.69, 9.17) is 4.74 Å². The van der Waals surface area contributed by atoms with Gasteiger partial charge in [0.25, 0.3) is 11.1 Å². The Morgan fingerprint density at radius 3 is 2.73 bits per heavy atom. The Morgan fingerprint density at radius 1 is 1.23 bits per heavy atom. The van der Waals surface area contributed by atoms with Gasteiger partial charge in [-0.25, -0.2) is 0 Å². The summed E-state index contributed by atoms with van der Waals surface area (Å²) in [6.45, 7) is 4.54. The standard InChI is InChI=1S/C19H20N2O4S/c1-3-9-21-18(23)16(26-19(21)24)10-13-11-20(12-17(22)25-4-2)15-8-6-5-7-14(13)15/h5-8,10-11H,3-4,9,12H2,1-2H3/b16-10-. The van der Waals surface area contributed by atoms with Crippen LogP contribution in [0.1, 0.15) is 25.8 Å². The smallest absolute Gasteiger partial charge is 0.325 e. The molecule has 6 nitrogen and oxygen atoms in total. The highest BCUT2D eigenvalue weighted by atomic mass is 32.2. The van der Waals surface area contributed by atoms with E-state index in [2.05, 4.69) is 0 Å². The van der Waals surface area contributed by atoms with E-state index in [1.54, 1.807) is 17.6 Å². The van der Waals surface area contributed by atoms with E-state index in [-0.39, 0.29) is 23.7 Å². The summed E-state index contributed by atoms with van der Waals surface area (Å²) >= 11 is 0.954. The molecule has 0 radical (unpaired) electrons. The molecule has 3 rings (SSSR count). The van der Waals surface area contributed by atoms with Crippen LogP contribution in [0.4, 0.5) is 4.79 Å². The molecule has 1 aliphatic rings. The topological polar surface area (TPSA) is 68.6 Å². The second kappa shape index (κ2) is 7.78. The maximum atomic E-state index is 12.5. The summed E-state index contributed by atoms with van der Waals surface area (Å²) in [5.74, 6) is -0.577. The molecule has 2 heterocycles. The normalized spacial score (nSPS) is 16.1. The number of fused-ring (bicyclic) bond motifs is 1. The number of carbonyl (C=O) groups excluding carboxylic acids is 3. The number of rotatable bonds is 6. The second-order valence-electron chi connectivity index (χ2n) is 5.87. The molecule has 136 valence electrons. The van der Waals surface area contributed by atoms with Crippen LogP contribution in [0, 0.1) is 0 Å². The van der Waals surface area contributed by atoms with E-state index < -0.39 is 0 Å². The van der Waals surface area contributed by atoms with Crippen molar-refractivity contribution in [2.45, 2.75) is 26.8 Å². The third-order valence-electron chi connectivity index (χ3n) is 4.03. The van der Waals surface area contributed by atoms with Gasteiger partial charge in [0.05, 0.1) is 11.5 Å². The van der Waals surface area contributed by atoms with Crippen LogP contribution in [-0.2, 0) is 20.9 Å². The summed E-state index contributed by atoms with van der Waals surface area (Å²) in [7, 11) is 0. The maximum Gasteiger partial charge on any atom is 0.325 e. The Hall–Kier alpha value is -2.54. The molecular formula is C19H20N2O4S. The Kier molecular flexibility index (Phi) is 5.46. The molecule has 26 heavy (non-hydrogen) atoms. The number of amides is 2. The van der Waals surface area contributed by atoms with Crippen molar-refractivity contribution in [3.63, 3.8) is 0 Å². The number of benzene rings is 1. The van der Waals surface area contributed by atoms with Gasteiger partial charge < -0.3 is 9.30 Å². The van der Waals surface area contributed by atoms with Gasteiger partial charge >= 0.3 is 5.97 Å². The second-order valence-corrected chi connectivity index (χ2v) is 6.86. The number of aromatic nitrogens is 1. The largest absolute Gasteiger partial charge is 0.465 e. The van der Waals surface area contributed by atoms with Gasteiger partial charge in [-0.2, -0.15) is 0 Å². The molecule has 0 unspecified atom stereocenters. The summed E-state index contributed by atoms with van der Waals surface area (Å²) in [4.78, 5) is 38.0. The van der Waals surface area contributed by atoms with Crippen molar-refractivity contribution < 1.29 is 19.1 Å². The van der Waals surface area contributed by atoms with Crippen molar-refractivity contribution >= 4 is 45.9 Å². The summed E-state index contributed by atoms with van der Waals surface area (Å²) in [5.41, 5.74) is 1.67. The number of ether oxygens (including phenoxy) is 1. The first-order chi connectivity index (χ1) is 12.5. The van der Waals surface area contributed by atoms with Crippen LogP contribution in [0.3, 0.4) is 0 Å². The minimum absolute atomic E-state index is 0.0967. The first-order valence-electron chi connectivity index (χ1n) is 8.54. The van der Waals surface area contributed by atoms with Crippen LogP contribution < -0.4 is 0 Å². The van der Waals surface area contributed by atoms with Crippen LogP contribution in [-0.4, -0.2) is 39.7 Å². The van der Waals surface area contributed by atoms with Crippen molar-refractivity contribution in [2.24, 2.45) is 0 Å². The van der Waals surface area contributed by atoms with Crippen molar-refractivity contribution in [1.29, 1.82) is 0 Å². The third-order valence-corrected chi connectivity index (χ3v) is 4.94. The van der Waals surface area contributed by atoms with Crippen LogP contribution in [0.25, 0.3) is 17.0 Å². The zero-order chi connectivity index (χ0) is 18.7. The molecule has 0 saturated carbocycles. The fourth-order valence-electron chi connectivity index (χ4n) is 2.92. The lowest BCUT2D eigenvalue weighted by Crippen LogP contribution is -2.28. The quantitative estimate of drug-likeness (QED) is 0.572. The first-order valence-corrected chi connectivity index (χ1v) is 9.35. The Balaban J connectivity index is 1.97. The Labute approximate surface area is 155 Å². The van der Waals surface area contributed by atoms with E-state index >= 15 is 0 Å². The van der Waals surface area contributed by atoms with Crippen LogP contribution in [0.5, 0.6) is 0 Å². The number of hydrogen-bond acceptors (Lipinski definition) is 5. The molecule has 1 saturated heterocycles. The van der Waals surface area contributed by atoms with Gasteiger partial charge in [-0.1, -0.05) is 25.1 Å². The van der Waals surface area contributed by atoms with Crippen molar-refractivity contribution in [3.05, 3.63) is 40.9 Å². The highest BCUT2D eigenvalue weighted by Gasteiger charge is 2.34. The number of imide groups is 1. The minimum Gasteiger partial charge on any atom is -0.465 e. The molecule has 0 bridgehead atoms. The van der Waals surface area contributed by atoms with Gasteiger partial charge in [0.15, 0.2) is 0 Å². The van der Waals surface area contributed by atoms with E-state index in [0.29, 0.717) is 18.1 Å². The zero-order valence-corrected chi connectivity index (χ0v) is 15.5. The van der Waals surface area contributed by atoms with Crippen LogP contribution in [0.15, 0.2) is 35.4 Å². The number of para-hydroxylation sites is 1. The number of hydrogen-bond donors (Lipinski definition) is 0. The number of nitrogens with zero attached hydrogens (tertiary/aromatic N) is 2. The Bertz CT molecular complexity index is 900. The van der Waals surface area contributed by atoms with E-state index in [9.17, 15) is 14.4 Å². The molecule has 1 fully saturated rings. The van der Waals surface area contributed by atoms with Gasteiger partial charge in [-0.05, 0) is 37.2 Å². The average Bonchev–Trinajstić information content (AvgIpc) is 3.08. The maximum absolute atomic E-state index is 12.5. The fourth-order valence-corrected chi connectivity index (χ4v) is 3.78. The van der Waals surface area contributed by atoms with Crippen LogP contribution in [0.2, 0.25) is 0 Å². The molecule has 1 aromatic carbocycles. The first kappa shape index (κ1) is 18.3. The Morgan fingerprint density at radius 2 is 2.00 bits per heavy atom. The average molecular weight is 372 g/mol. The molecule has 1 aromatic heterocycles. The van der Waals surface area contributed by atoms with Gasteiger partial charge in [0.2, 0.25) is 0 Å². The molecule has 1 aliphatic heterocycles. The molecule has 2 aromatic rings. The van der Waals surface area contributed by atoms with E-state index in [1.807, 2.05) is 37.4 Å². The minimum atomic E-state index is -0.317. The summed E-state index contributed by atoms with van der Waals surface area (Å²) < 4.78 is 6.83. The number of thioether (sulfide) groups is 1. The zero-order valence-electron chi connectivity index (χ0n) is 14.7. The number of esters is 1. The lowest BCUT2D eigenvalue weighted by molar-refractivity contribution is -0.143. The van der Waals surface area contributed by atoms with Gasteiger partial charge in [-0.3, -0.25) is 19.3 Å². The molecule has 0 N–H and O–H groups in total. The SMILES string of the molecule is CCCN1C(=O)S/C(=C\c2cn(CC(=O)OCC)c3ccccc23)C1=O. The van der Waals surface area contributed by atoms with Crippen molar-refractivity contribution in [2.75, 3.05) is 13.2 Å². The van der Waals surface area contributed by atoms with Gasteiger partial charge in [0, 0.05) is 29.2 Å². The highest BCUT2D eigenvalue weighted by molar-refractivity contribution is 8.18.